The van der Waals surface area contributed by atoms with E-state index in [-0.39, 0.29) is 4.90 Å². The van der Waals surface area contributed by atoms with Crippen LogP contribution in [-0.4, -0.2) is 39.5 Å². The van der Waals surface area contributed by atoms with E-state index in [1.165, 1.54) is 19.1 Å². The molecule has 0 aliphatic carbocycles. The van der Waals surface area contributed by atoms with E-state index in [1.807, 2.05) is 43.3 Å². The lowest BCUT2D eigenvalue weighted by Gasteiger charge is -2.15. The molecule has 1 heterocycles. The summed E-state index contributed by atoms with van der Waals surface area (Å²) in [5.41, 5.74) is 1.70. The number of sulfonamides is 1. The number of esters is 1. The van der Waals surface area contributed by atoms with Crippen LogP contribution in [0.4, 0.5) is 5.69 Å². The van der Waals surface area contributed by atoms with Crippen LogP contribution in [0.2, 0.25) is 0 Å². The number of carbonyl (C=O) groups is 1. The number of para-hydroxylation sites is 1. The Kier molecular flexibility index (Phi) is 5.20. The largest absolute Gasteiger partial charge is 0.423 e. The van der Waals surface area contributed by atoms with Gasteiger partial charge in [-0.15, -0.1) is 0 Å². The summed E-state index contributed by atoms with van der Waals surface area (Å²) in [5, 5.41) is 0.750. The average Bonchev–Trinajstić information content (AvgIpc) is 3.04. The summed E-state index contributed by atoms with van der Waals surface area (Å²) < 4.78 is 32.7. The zero-order valence-corrected chi connectivity index (χ0v) is 16.1. The Hall–Kier alpha value is -2.84. The Morgan fingerprint density at radius 1 is 1.11 bits per heavy atom. The number of aromatic amines is 1. The van der Waals surface area contributed by atoms with E-state index in [0.29, 0.717) is 5.75 Å². The van der Waals surface area contributed by atoms with Gasteiger partial charge in [-0.3, -0.25) is 0 Å². The van der Waals surface area contributed by atoms with Crippen molar-refractivity contribution in [3.63, 3.8) is 0 Å². The molecule has 0 radical (unpaired) electrons. The van der Waals surface area contributed by atoms with Gasteiger partial charge >= 0.3 is 5.97 Å². The number of fused-ring (bicyclic) bond motifs is 1. The molecule has 0 spiro atoms. The van der Waals surface area contributed by atoms with Crippen LogP contribution in [-0.2, 0) is 14.8 Å². The topological polar surface area (TPSA) is 91.5 Å². The number of benzene rings is 2. The van der Waals surface area contributed by atoms with Gasteiger partial charge in [-0.2, -0.15) is 4.72 Å². The third kappa shape index (κ3) is 4.12. The first-order chi connectivity index (χ1) is 12.8. The molecule has 0 aliphatic rings. The van der Waals surface area contributed by atoms with Crippen molar-refractivity contribution in [1.29, 1.82) is 0 Å². The van der Waals surface area contributed by atoms with Crippen molar-refractivity contribution in [2.24, 2.45) is 0 Å². The number of H-pyrrole nitrogens is 1. The minimum Gasteiger partial charge on any atom is -0.423 e. The highest BCUT2D eigenvalue weighted by Gasteiger charge is 2.24. The maximum Gasteiger partial charge on any atom is 0.329 e. The van der Waals surface area contributed by atoms with Crippen LogP contribution in [0.15, 0.2) is 59.6 Å². The Morgan fingerprint density at radius 3 is 2.44 bits per heavy atom. The SMILES string of the molecule is C[C@H](NS(=O)(=O)c1ccc(N(C)C)cc1)C(=O)Oc1c[nH]c2ccccc12. The van der Waals surface area contributed by atoms with Crippen LogP contribution in [0.5, 0.6) is 5.75 Å². The number of nitrogens with one attached hydrogen (secondary N) is 2. The van der Waals surface area contributed by atoms with Gasteiger partial charge in [0.2, 0.25) is 10.0 Å². The minimum absolute atomic E-state index is 0.0832. The fraction of sp³-hybridized carbons (Fsp3) is 0.211. The van der Waals surface area contributed by atoms with Crippen molar-refractivity contribution >= 4 is 32.6 Å². The van der Waals surface area contributed by atoms with E-state index in [2.05, 4.69) is 9.71 Å². The van der Waals surface area contributed by atoms with Crippen molar-refractivity contribution < 1.29 is 17.9 Å². The average molecular weight is 387 g/mol. The molecule has 1 atom stereocenters. The minimum atomic E-state index is -3.85. The summed E-state index contributed by atoms with van der Waals surface area (Å²) in [6.45, 7) is 1.45. The van der Waals surface area contributed by atoms with Crippen LogP contribution in [0.1, 0.15) is 6.92 Å². The lowest BCUT2D eigenvalue weighted by molar-refractivity contribution is -0.135. The Balaban J connectivity index is 1.71. The molecule has 0 aliphatic heterocycles. The molecule has 7 nitrogen and oxygen atoms in total. The summed E-state index contributed by atoms with van der Waals surface area (Å²) in [4.78, 5) is 17.3. The third-order valence-electron chi connectivity index (χ3n) is 4.11. The number of ether oxygens (including phenoxy) is 1. The first-order valence-electron chi connectivity index (χ1n) is 8.35. The number of carbonyl (C=O) groups excluding carboxylic acids is 1. The highest BCUT2D eigenvalue weighted by atomic mass is 32.2. The van der Waals surface area contributed by atoms with Gasteiger partial charge in [0, 0.05) is 36.9 Å². The lowest BCUT2D eigenvalue weighted by atomic mass is 10.2. The first-order valence-corrected chi connectivity index (χ1v) is 9.84. The predicted octanol–water partition coefficient (Wildman–Crippen LogP) is 2.51. The quantitative estimate of drug-likeness (QED) is 0.634. The second-order valence-electron chi connectivity index (χ2n) is 6.35. The van der Waals surface area contributed by atoms with Crippen LogP contribution in [0, 0.1) is 0 Å². The zero-order valence-electron chi connectivity index (χ0n) is 15.3. The van der Waals surface area contributed by atoms with Gasteiger partial charge in [0.15, 0.2) is 5.75 Å². The van der Waals surface area contributed by atoms with Gasteiger partial charge in [-0.25, -0.2) is 13.2 Å². The zero-order chi connectivity index (χ0) is 19.6. The van der Waals surface area contributed by atoms with Crippen LogP contribution >= 0.6 is 0 Å². The molecule has 3 rings (SSSR count). The van der Waals surface area contributed by atoms with Crippen molar-refractivity contribution in [3.8, 4) is 5.75 Å². The standard InChI is InChI=1S/C19H21N3O4S/c1-13(19(23)26-18-12-20-17-7-5-4-6-16(17)18)21-27(24,25)15-10-8-14(9-11-15)22(2)3/h4-13,20-21H,1-3H3/t13-/m0/s1. The second kappa shape index (κ2) is 7.42. The molecule has 0 unspecified atom stereocenters. The molecule has 8 heteroatoms. The molecule has 2 aromatic carbocycles. The van der Waals surface area contributed by atoms with E-state index in [4.69, 9.17) is 4.74 Å². The number of nitrogens with zero attached hydrogens (tertiary/aromatic N) is 1. The molecular formula is C19H21N3O4S. The predicted molar refractivity (Wildman–Crippen MR) is 104 cm³/mol. The molecule has 1 aromatic heterocycles. The van der Waals surface area contributed by atoms with E-state index in [1.54, 1.807) is 18.3 Å². The number of aromatic nitrogens is 1. The number of hydrogen-bond acceptors (Lipinski definition) is 5. The van der Waals surface area contributed by atoms with Gasteiger partial charge in [-0.1, -0.05) is 12.1 Å². The maximum absolute atomic E-state index is 12.5. The van der Waals surface area contributed by atoms with E-state index < -0.39 is 22.0 Å². The highest BCUT2D eigenvalue weighted by molar-refractivity contribution is 7.89. The smallest absolute Gasteiger partial charge is 0.329 e. The van der Waals surface area contributed by atoms with Crippen molar-refractivity contribution in [2.45, 2.75) is 17.9 Å². The van der Waals surface area contributed by atoms with Gasteiger partial charge in [-0.05, 0) is 43.3 Å². The summed E-state index contributed by atoms with van der Waals surface area (Å²) in [6.07, 6.45) is 1.57. The molecule has 0 fully saturated rings. The van der Waals surface area contributed by atoms with Gasteiger partial charge < -0.3 is 14.6 Å². The molecular weight excluding hydrogens is 366 g/mol. The van der Waals surface area contributed by atoms with E-state index in [9.17, 15) is 13.2 Å². The number of anilines is 1. The molecule has 2 N–H and O–H groups in total. The monoisotopic (exact) mass is 387 g/mol. The molecule has 0 amide bonds. The second-order valence-corrected chi connectivity index (χ2v) is 8.06. The van der Waals surface area contributed by atoms with Gasteiger partial charge in [0.1, 0.15) is 6.04 Å². The first kappa shape index (κ1) is 18.9. The van der Waals surface area contributed by atoms with Crippen LogP contribution in [0.25, 0.3) is 10.9 Å². The molecule has 0 bridgehead atoms. The summed E-state index contributed by atoms with van der Waals surface area (Å²) in [5.74, 6) is -0.328. The third-order valence-corrected chi connectivity index (χ3v) is 5.67. The molecule has 0 saturated carbocycles. The maximum atomic E-state index is 12.5. The van der Waals surface area contributed by atoms with Crippen molar-refractivity contribution in [3.05, 3.63) is 54.7 Å². The fourth-order valence-electron chi connectivity index (χ4n) is 2.60. The van der Waals surface area contributed by atoms with Crippen LogP contribution < -0.4 is 14.4 Å². The Bertz CT molecular complexity index is 1060. The highest BCUT2D eigenvalue weighted by Crippen LogP contribution is 2.25. The molecule has 3 aromatic rings. The normalized spacial score (nSPS) is 12.7. The summed E-state index contributed by atoms with van der Waals surface area (Å²) in [6, 6.07) is 12.7. The molecule has 0 saturated heterocycles. The lowest BCUT2D eigenvalue weighted by Crippen LogP contribution is -2.40. The Labute approximate surface area is 158 Å². The van der Waals surface area contributed by atoms with E-state index >= 15 is 0 Å². The summed E-state index contributed by atoms with van der Waals surface area (Å²) >= 11 is 0. The molecule has 142 valence electrons. The van der Waals surface area contributed by atoms with Gasteiger partial charge in [0.25, 0.3) is 0 Å². The number of rotatable bonds is 6. The van der Waals surface area contributed by atoms with E-state index in [0.717, 1.165) is 16.6 Å². The van der Waals surface area contributed by atoms with Crippen molar-refractivity contribution in [2.75, 3.05) is 19.0 Å². The molecule has 27 heavy (non-hydrogen) atoms. The summed E-state index contributed by atoms with van der Waals surface area (Å²) in [7, 11) is -0.114. The van der Waals surface area contributed by atoms with Crippen molar-refractivity contribution in [1.82, 2.24) is 9.71 Å². The van der Waals surface area contributed by atoms with Gasteiger partial charge in [0.05, 0.1) is 4.90 Å². The Morgan fingerprint density at radius 2 is 1.78 bits per heavy atom. The fourth-order valence-corrected chi connectivity index (χ4v) is 3.79. The van der Waals surface area contributed by atoms with Crippen LogP contribution in [0.3, 0.4) is 0 Å². The number of hydrogen-bond donors (Lipinski definition) is 2.